The summed E-state index contributed by atoms with van der Waals surface area (Å²) in [5.41, 5.74) is 2.38. The van der Waals surface area contributed by atoms with Crippen LogP contribution in [0, 0.1) is 5.82 Å². The van der Waals surface area contributed by atoms with E-state index in [1.54, 1.807) is 24.5 Å². The molecule has 5 heteroatoms. The molecule has 0 fully saturated rings. The van der Waals surface area contributed by atoms with Crippen LogP contribution in [0.15, 0.2) is 53.9 Å². The van der Waals surface area contributed by atoms with Gasteiger partial charge in [0.05, 0.1) is 17.8 Å². The van der Waals surface area contributed by atoms with Gasteiger partial charge in [-0.05, 0) is 35.9 Å². The van der Waals surface area contributed by atoms with Crippen LogP contribution in [0.25, 0.3) is 0 Å². The average Bonchev–Trinajstić information content (AvgIpc) is 2.81. The van der Waals surface area contributed by atoms with E-state index in [0.29, 0.717) is 12.1 Å². The lowest BCUT2D eigenvalue weighted by atomic mass is 10.1. The Morgan fingerprint density at radius 3 is 2.70 bits per heavy atom. The molecular weight excluding hydrogens is 257 g/mol. The topological polar surface area (TPSA) is 45.6 Å². The van der Waals surface area contributed by atoms with E-state index in [-0.39, 0.29) is 18.1 Å². The van der Waals surface area contributed by atoms with Crippen molar-refractivity contribution in [2.75, 3.05) is 5.01 Å². The first-order valence-corrected chi connectivity index (χ1v) is 6.26. The molecule has 0 unspecified atom stereocenters. The Morgan fingerprint density at radius 1 is 1.20 bits per heavy atom. The van der Waals surface area contributed by atoms with Gasteiger partial charge >= 0.3 is 0 Å². The van der Waals surface area contributed by atoms with Gasteiger partial charge < -0.3 is 0 Å². The number of anilines is 1. The zero-order valence-corrected chi connectivity index (χ0v) is 10.7. The molecule has 1 aromatic heterocycles. The molecule has 3 rings (SSSR count). The summed E-state index contributed by atoms with van der Waals surface area (Å²) in [5.74, 6) is -0.435. The number of amides is 1. The minimum absolute atomic E-state index is 0.101. The fourth-order valence-corrected chi connectivity index (χ4v) is 2.10. The fraction of sp³-hybridized carbons (Fsp3) is 0.133. The van der Waals surface area contributed by atoms with Gasteiger partial charge in [0.15, 0.2) is 0 Å². The molecule has 100 valence electrons. The van der Waals surface area contributed by atoms with Crippen LogP contribution in [0.5, 0.6) is 0 Å². The molecule has 0 saturated carbocycles. The maximum absolute atomic E-state index is 12.9. The lowest BCUT2D eigenvalue weighted by Gasteiger charge is -2.10. The van der Waals surface area contributed by atoms with E-state index in [1.165, 1.54) is 17.1 Å². The second-order valence-corrected chi connectivity index (χ2v) is 4.56. The summed E-state index contributed by atoms with van der Waals surface area (Å²) in [5, 5.41) is 5.64. The summed E-state index contributed by atoms with van der Waals surface area (Å²) >= 11 is 0. The number of aromatic nitrogens is 1. The number of carbonyl (C=O) groups is 1. The highest BCUT2D eigenvalue weighted by Gasteiger charge is 2.25. The Hall–Kier alpha value is -2.56. The Balaban J connectivity index is 1.80. The average molecular weight is 269 g/mol. The van der Waals surface area contributed by atoms with Gasteiger partial charge in [0.1, 0.15) is 5.82 Å². The first-order chi connectivity index (χ1) is 9.72. The molecule has 0 bridgehead atoms. The normalized spacial score (nSPS) is 14.6. The molecule has 4 nitrogen and oxygen atoms in total. The van der Waals surface area contributed by atoms with Crippen molar-refractivity contribution >= 4 is 17.3 Å². The Kier molecular flexibility index (Phi) is 3.25. The van der Waals surface area contributed by atoms with Gasteiger partial charge in [-0.2, -0.15) is 5.10 Å². The number of hydrazone groups is 1. The van der Waals surface area contributed by atoms with Crippen molar-refractivity contribution < 1.29 is 9.18 Å². The van der Waals surface area contributed by atoms with Gasteiger partial charge in [-0.1, -0.05) is 6.07 Å². The molecule has 1 aromatic carbocycles. The van der Waals surface area contributed by atoms with E-state index in [2.05, 4.69) is 10.1 Å². The molecule has 1 amide bonds. The van der Waals surface area contributed by atoms with Crippen molar-refractivity contribution in [1.29, 1.82) is 0 Å². The standard InChI is InChI=1S/C15H12FN3O/c16-12-3-5-14(6-4-12)19-15(20)9-13(18-19)8-11-2-1-7-17-10-11/h1-7,10H,8-9H2. The molecule has 0 N–H and O–H groups in total. The van der Waals surface area contributed by atoms with Gasteiger partial charge in [0.2, 0.25) is 0 Å². The minimum Gasteiger partial charge on any atom is -0.272 e. The minimum atomic E-state index is -0.333. The third kappa shape index (κ3) is 2.56. The van der Waals surface area contributed by atoms with Gasteiger partial charge in [0.25, 0.3) is 5.91 Å². The molecule has 0 radical (unpaired) electrons. The summed E-state index contributed by atoms with van der Waals surface area (Å²) in [6, 6.07) is 9.52. The number of pyridine rings is 1. The molecule has 0 aliphatic carbocycles. The number of halogens is 1. The van der Waals surface area contributed by atoms with Crippen molar-refractivity contribution in [3.8, 4) is 0 Å². The molecule has 1 aliphatic rings. The Bertz CT molecular complexity index is 653. The van der Waals surface area contributed by atoms with Gasteiger partial charge in [0, 0.05) is 18.8 Å². The predicted molar refractivity (Wildman–Crippen MR) is 73.9 cm³/mol. The van der Waals surface area contributed by atoms with Crippen molar-refractivity contribution in [3.05, 3.63) is 60.2 Å². The summed E-state index contributed by atoms with van der Waals surface area (Å²) in [6.07, 6.45) is 4.34. The molecule has 2 aromatic rings. The molecule has 0 spiro atoms. The second kappa shape index (κ2) is 5.21. The number of benzene rings is 1. The van der Waals surface area contributed by atoms with Crippen LogP contribution in [0.1, 0.15) is 12.0 Å². The van der Waals surface area contributed by atoms with Gasteiger partial charge in [-0.15, -0.1) is 0 Å². The number of hydrogen-bond donors (Lipinski definition) is 0. The summed E-state index contributed by atoms with van der Waals surface area (Å²) in [6.45, 7) is 0. The third-order valence-electron chi connectivity index (χ3n) is 3.04. The van der Waals surface area contributed by atoms with E-state index in [4.69, 9.17) is 0 Å². The molecule has 0 atom stereocenters. The molecule has 0 saturated heterocycles. The number of nitrogens with zero attached hydrogens (tertiary/aromatic N) is 3. The first-order valence-electron chi connectivity index (χ1n) is 6.26. The largest absolute Gasteiger partial charge is 0.272 e. The summed E-state index contributed by atoms with van der Waals surface area (Å²) < 4.78 is 12.9. The highest BCUT2D eigenvalue weighted by Crippen LogP contribution is 2.21. The smallest absolute Gasteiger partial charge is 0.253 e. The maximum atomic E-state index is 12.9. The summed E-state index contributed by atoms with van der Waals surface area (Å²) in [4.78, 5) is 16.0. The van der Waals surface area contributed by atoms with Crippen LogP contribution in [0.2, 0.25) is 0 Å². The van der Waals surface area contributed by atoms with E-state index in [1.807, 2.05) is 12.1 Å². The number of rotatable bonds is 3. The van der Waals surface area contributed by atoms with E-state index >= 15 is 0 Å². The lowest BCUT2D eigenvalue weighted by Crippen LogP contribution is -2.19. The SMILES string of the molecule is O=C1CC(Cc2cccnc2)=NN1c1ccc(F)cc1. The van der Waals surface area contributed by atoms with Crippen LogP contribution in [-0.2, 0) is 11.2 Å². The number of hydrogen-bond acceptors (Lipinski definition) is 3. The number of carbonyl (C=O) groups excluding carboxylic acids is 1. The Morgan fingerprint density at radius 2 is 2.00 bits per heavy atom. The van der Waals surface area contributed by atoms with E-state index in [9.17, 15) is 9.18 Å². The van der Waals surface area contributed by atoms with E-state index in [0.717, 1.165) is 11.3 Å². The zero-order valence-electron chi connectivity index (χ0n) is 10.7. The molecule has 2 heterocycles. The van der Waals surface area contributed by atoms with Crippen LogP contribution in [-0.4, -0.2) is 16.6 Å². The molecular formula is C15H12FN3O. The first kappa shape index (κ1) is 12.5. The van der Waals surface area contributed by atoms with Crippen molar-refractivity contribution in [2.45, 2.75) is 12.8 Å². The van der Waals surface area contributed by atoms with Crippen molar-refractivity contribution in [3.63, 3.8) is 0 Å². The fourth-order valence-electron chi connectivity index (χ4n) is 2.10. The van der Waals surface area contributed by atoms with Crippen LogP contribution >= 0.6 is 0 Å². The van der Waals surface area contributed by atoms with E-state index < -0.39 is 0 Å². The quantitative estimate of drug-likeness (QED) is 0.859. The van der Waals surface area contributed by atoms with Crippen molar-refractivity contribution in [1.82, 2.24) is 4.98 Å². The van der Waals surface area contributed by atoms with Crippen LogP contribution in [0.4, 0.5) is 10.1 Å². The van der Waals surface area contributed by atoms with Crippen LogP contribution < -0.4 is 5.01 Å². The van der Waals surface area contributed by atoms with Gasteiger partial charge in [-0.3, -0.25) is 9.78 Å². The van der Waals surface area contributed by atoms with Gasteiger partial charge in [-0.25, -0.2) is 9.40 Å². The third-order valence-corrected chi connectivity index (χ3v) is 3.04. The van der Waals surface area contributed by atoms with Crippen molar-refractivity contribution in [2.24, 2.45) is 5.10 Å². The zero-order chi connectivity index (χ0) is 13.9. The Labute approximate surface area is 115 Å². The molecule has 1 aliphatic heterocycles. The highest BCUT2D eigenvalue weighted by molar-refractivity contribution is 6.13. The van der Waals surface area contributed by atoms with Crippen LogP contribution in [0.3, 0.4) is 0 Å². The molecule has 20 heavy (non-hydrogen) atoms. The predicted octanol–water partition coefficient (Wildman–Crippen LogP) is 2.56. The highest BCUT2D eigenvalue weighted by atomic mass is 19.1. The maximum Gasteiger partial charge on any atom is 0.253 e. The second-order valence-electron chi connectivity index (χ2n) is 4.56. The lowest BCUT2D eigenvalue weighted by molar-refractivity contribution is -0.116. The summed E-state index contributed by atoms with van der Waals surface area (Å²) in [7, 11) is 0. The monoisotopic (exact) mass is 269 g/mol.